The molecule has 3 saturated heterocycles. The molecule has 0 spiro atoms. The highest BCUT2D eigenvalue weighted by atomic mass is 32.2. The zero-order valence-corrected chi connectivity index (χ0v) is 74.1. The number of thioether (sulfide) groups is 1. The second-order valence-electron chi connectivity index (χ2n) is 32.4. The first kappa shape index (κ1) is 102. The maximum absolute atomic E-state index is 15.7. The number of primary amides is 2. The fourth-order valence-corrected chi connectivity index (χ4v) is 16.5. The molecule has 3 aromatic carbocycles. The third-order valence-electron chi connectivity index (χ3n) is 23.0. The predicted octanol–water partition coefficient (Wildman–Crippen LogP) is -5.96. The fourth-order valence-electron chi connectivity index (χ4n) is 15.7. The number of phenols is 1. The number of aliphatic hydroxyl groups is 4. The Labute approximate surface area is 753 Å². The maximum Gasteiger partial charge on any atom is 0.248 e. The Kier molecular flexibility index (Phi) is 38.6. The number of nitrogens with one attached hydrogen (secondary N) is 14. The highest BCUT2D eigenvalue weighted by Gasteiger charge is 2.46. The Bertz CT molecular complexity index is 4900. The minimum atomic E-state index is -1.97. The van der Waals surface area contributed by atoms with Gasteiger partial charge in [-0.1, -0.05) is 88.1 Å². The van der Waals surface area contributed by atoms with E-state index >= 15 is 24.0 Å². The number of benzene rings is 3. The van der Waals surface area contributed by atoms with E-state index in [1.807, 2.05) is 13.8 Å². The fraction of sp³-hybridized carbons (Fsp3) is 0.529. The van der Waals surface area contributed by atoms with Crippen LogP contribution in [0.4, 0.5) is 0 Å². The highest BCUT2D eigenvalue weighted by Crippen LogP contribution is 2.27. The van der Waals surface area contributed by atoms with Crippen molar-refractivity contribution in [1.29, 1.82) is 5.41 Å². The standard InChI is InChI=1S/C85H120N22O22S/c1-7-9-22-64-77(122)95-55(21-15-29-90-85(88)89)73(118)102-63(72(117)93-38-69(87)114)43-130-44-70(115)94-57(31-46-25-27-49(111)28-26-46)80(125)103(4)45(3)71(116)97-59(35-68(86)113)82(127)106-30-16-24-65(106)78(123)100-61(41-109)76(121)101-62(42-110)83(128)107-39-50(112)34-67(107)79(124)96-56(32-47-36-91-53-19-13-11-17-51(47)53)74(119)99-60(40-108)75(120)98-58(33-48-37-92-54-20-14-12-18-52(48)54)81(126)105(6)66(23-10-8-2)84(129)104(64)5/h11-14,17-20,25-28,36-37,45,50,55-67,91-92,108-112H,7-10,15-16,21-24,29-35,38-44H2,1-6H3,(H2,86,113)(H2,87,114)(H,93,117)(H,94,115)(H,95,122)(H,96,124)(H,97,116)(H,98,120)(H,99,119)(H,100,123)(H,101,121)(H,102,118)(H4,88,89,90)/t45-,50+,55-,56-,57-,58-,59-,60-,61-,62-,63?,64-,65-,66-,67-/m0/s1. The van der Waals surface area contributed by atoms with Gasteiger partial charge in [-0.05, 0) is 86.4 Å². The number of aromatic nitrogens is 2. The normalized spacial score (nSPS) is 25.2. The van der Waals surface area contributed by atoms with Crippen molar-refractivity contribution in [3.8, 4) is 5.75 Å². The van der Waals surface area contributed by atoms with Gasteiger partial charge in [0.1, 0.15) is 90.3 Å². The molecule has 17 amide bonds. The maximum atomic E-state index is 15.7. The summed E-state index contributed by atoms with van der Waals surface area (Å²) >= 11 is 0.744. The molecular weight excluding hydrogens is 1710 g/mol. The zero-order chi connectivity index (χ0) is 95.3. The minimum absolute atomic E-state index is 0.0225. The number of nitrogens with zero attached hydrogens (tertiary/aromatic N) is 5. The first-order valence-electron chi connectivity index (χ1n) is 42.9. The molecule has 5 aromatic rings. The van der Waals surface area contributed by atoms with E-state index in [0.29, 0.717) is 64.2 Å². The second-order valence-corrected chi connectivity index (χ2v) is 33.5. The first-order valence-corrected chi connectivity index (χ1v) is 44.1. The number of guanidine groups is 1. The monoisotopic (exact) mass is 1830 g/mol. The molecule has 0 bridgehead atoms. The summed E-state index contributed by atoms with van der Waals surface area (Å²) in [5, 5.41) is 90.7. The number of hydrogen-bond donors (Lipinski definition) is 22. The SMILES string of the molecule is CCCC[C@H]1C(=O)N(C)[C@@H](CCCC)C(=O)N[C@@H](CCCNC(=N)N)C(=O)NC(C(=O)NCC(N)=O)CSCC(=O)N[C@@H](Cc2ccc(O)cc2)C(=O)N(C)[C@@H](C)C(=O)N[C@@H](CC(N)=O)C(=O)N2CCC[C@H]2C(=O)N[C@@H](CO)C(=O)N[C@@H](CO)C(=O)N2C[C@H](O)C[C@H]2C(=O)N[C@@H](Cc2c[nH]c3ccccc23)C(=O)N[C@@H](CO)C(=O)N[C@@H](Cc2c[nH]c3ccccc23)C(=O)N1C. The van der Waals surface area contributed by atoms with Crippen molar-refractivity contribution in [2.45, 2.75) is 208 Å². The molecule has 130 heavy (non-hydrogen) atoms. The number of unbranched alkanes of at least 4 members (excludes halogenated alkanes) is 2. The average Bonchev–Trinajstić information content (AvgIpc) is 1.63. The molecule has 0 aliphatic carbocycles. The van der Waals surface area contributed by atoms with Crippen molar-refractivity contribution in [2.24, 2.45) is 17.2 Å². The van der Waals surface area contributed by atoms with Crippen molar-refractivity contribution in [3.05, 3.63) is 102 Å². The number of aliphatic hydroxyl groups excluding tert-OH is 4. The van der Waals surface area contributed by atoms with Gasteiger partial charge in [0.15, 0.2) is 5.96 Å². The van der Waals surface area contributed by atoms with Crippen LogP contribution < -0.4 is 75.7 Å². The predicted molar refractivity (Wildman–Crippen MR) is 472 cm³/mol. The third kappa shape index (κ3) is 28.0. The van der Waals surface area contributed by atoms with E-state index in [-0.39, 0.29) is 76.6 Å². The van der Waals surface area contributed by atoms with Crippen molar-refractivity contribution in [1.82, 2.24) is 93.0 Å². The third-order valence-corrected chi connectivity index (χ3v) is 24.0. The molecule has 2 aromatic heterocycles. The van der Waals surface area contributed by atoms with Crippen LogP contribution in [0.3, 0.4) is 0 Å². The van der Waals surface area contributed by atoms with E-state index in [2.05, 4.69) is 68.5 Å². The van der Waals surface area contributed by atoms with Crippen molar-refractivity contribution in [2.75, 3.05) is 78.6 Å². The summed E-state index contributed by atoms with van der Waals surface area (Å²) in [7, 11) is 3.83. The van der Waals surface area contributed by atoms with Gasteiger partial charge in [0.2, 0.25) is 100 Å². The summed E-state index contributed by atoms with van der Waals surface area (Å²) in [6.07, 6.45) is 0.746. The number of rotatable bonds is 24. The van der Waals surface area contributed by atoms with Crippen molar-refractivity contribution in [3.63, 3.8) is 0 Å². The number of amides is 17. The molecule has 0 radical (unpaired) electrons. The van der Waals surface area contributed by atoms with Gasteiger partial charge in [0.25, 0.3) is 0 Å². The largest absolute Gasteiger partial charge is 0.508 e. The topological polar surface area (TPSA) is 673 Å². The molecule has 3 aliphatic heterocycles. The summed E-state index contributed by atoms with van der Waals surface area (Å²) in [5.74, 6) is -19.0. The molecule has 5 heterocycles. The Morgan fingerprint density at radius 1 is 0.508 bits per heavy atom. The summed E-state index contributed by atoms with van der Waals surface area (Å²) in [6, 6.07) is -3.85. The molecule has 44 nitrogen and oxygen atoms in total. The van der Waals surface area contributed by atoms with Gasteiger partial charge in [-0.3, -0.25) is 86.9 Å². The number of fused-ring (bicyclic) bond motifs is 4. The summed E-state index contributed by atoms with van der Waals surface area (Å²) in [6.45, 7) is -0.151. The average molecular weight is 1830 g/mol. The van der Waals surface area contributed by atoms with Gasteiger partial charge in [-0.25, -0.2) is 0 Å². The van der Waals surface area contributed by atoms with E-state index in [1.165, 1.54) is 52.3 Å². The van der Waals surface area contributed by atoms with Crippen LogP contribution in [0.15, 0.2) is 85.2 Å². The van der Waals surface area contributed by atoms with Crippen LogP contribution >= 0.6 is 11.8 Å². The Morgan fingerprint density at radius 3 is 1.59 bits per heavy atom. The lowest BCUT2D eigenvalue weighted by molar-refractivity contribution is -0.149. The lowest BCUT2D eigenvalue weighted by Crippen LogP contribution is -2.62. The molecule has 3 aliphatic rings. The van der Waals surface area contributed by atoms with E-state index in [1.54, 1.807) is 60.9 Å². The molecule has 0 saturated carbocycles. The summed E-state index contributed by atoms with van der Waals surface area (Å²) < 4.78 is 0. The number of phenolic OH excluding ortho intramolecular Hbond substituents is 1. The number of carbonyl (C=O) groups is 17. The van der Waals surface area contributed by atoms with Gasteiger partial charge >= 0.3 is 0 Å². The Morgan fingerprint density at radius 2 is 1.01 bits per heavy atom. The molecule has 8 rings (SSSR count). The number of H-pyrrole nitrogens is 2. The molecule has 45 heteroatoms. The molecule has 1 unspecified atom stereocenters. The summed E-state index contributed by atoms with van der Waals surface area (Å²) in [4.78, 5) is 258. The van der Waals surface area contributed by atoms with Crippen LogP contribution in [0.5, 0.6) is 5.75 Å². The molecule has 25 N–H and O–H groups in total. The van der Waals surface area contributed by atoms with Crippen LogP contribution in [0.2, 0.25) is 0 Å². The lowest BCUT2D eigenvalue weighted by atomic mass is 10.00. The first-order chi connectivity index (χ1) is 61.9. The van der Waals surface area contributed by atoms with Crippen LogP contribution in [-0.2, 0) is 101 Å². The van der Waals surface area contributed by atoms with E-state index in [4.69, 9.17) is 22.6 Å². The minimum Gasteiger partial charge on any atom is -0.508 e. The number of carbonyl (C=O) groups excluding carboxylic acids is 17. The van der Waals surface area contributed by atoms with Gasteiger partial charge in [0, 0.05) is 106 Å². The molecule has 708 valence electrons. The van der Waals surface area contributed by atoms with Crippen LogP contribution in [0.25, 0.3) is 21.8 Å². The lowest BCUT2D eigenvalue weighted by Gasteiger charge is -2.36. The number of hydrogen-bond acceptors (Lipinski definition) is 24. The van der Waals surface area contributed by atoms with Gasteiger partial charge < -0.3 is 136 Å². The van der Waals surface area contributed by atoms with Gasteiger partial charge in [-0.15, -0.1) is 11.8 Å². The molecule has 15 atom stereocenters. The number of para-hydroxylation sites is 2. The Balaban J connectivity index is 1.18. The van der Waals surface area contributed by atoms with Crippen LogP contribution in [0, 0.1) is 5.41 Å². The van der Waals surface area contributed by atoms with Crippen molar-refractivity contribution >= 4 is 140 Å². The summed E-state index contributed by atoms with van der Waals surface area (Å²) in [5.41, 5.74) is 19.2. The van der Waals surface area contributed by atoms with Gasteiger partial charge in [-0.2, -0.15) is 0 Å². The zero-order valence-electron chi connectivity index (χ0n) is 73.3. The highest BCUT2D eigenvalue weighted by molar-refractivity contribution is 8.00. The number of aromatic amines is 2. The van der Waals surface area contributed by atoms with E-state index in [9.17, 15) is 83.1 Å². The number of aromatic hydroxyl groups is 1. The van der Waals surface area contributed by atoms with Crippen LogP contribution in [0.1, 0.15) is 115 Å². The molecular formula is C85H120N22O22S. The number of nitrogens with two attached hydrogens (primary N) is 3. The van der Waals surface area contributed by atoms with E-state index < -0.39 is 254 Å². The molecule has 3 fully saturated rings. The van der Waals surface area contributed by atoms with Gasteiger partial charge in [0.05, 0.1) is 44.6 Å². The van der Waals surface area contributed by atoms with E-state index in [0.717, 1.165) is 36.3 Å². The second kappa shape index (κ2) is 49.0. The Hall–Kier alpha value is -13.0. The number of likely N-dealkylation sites (N-methyl/N-ethyl adjacent to an activating group) is 3. The van der Waals surface area contributed by atoms with Crippen LogP contribution in [-0.4, -0.2) is 336 Å². The van der Waals surface area contributed by atoms with Crippen molar-refractivity contribution < 1.29 is 107 Å². The smallest absolute Gasteiger partial charge is 0.248 e. The quantitative estimate of drug-likeness (QED) is 0.0155.